The molecule has 3 nitrogen and oxygen atoms in total. The summed E-state index contributed by atoms with van der Waals surface area (Å²) >= 11 is 0. The van der Waals surface area contributed by atoms with Gasteiger partial charge in [-0.05, 0) is 32.4 Å². The fourth-order valence-corrected chi connectivity index (χ4v) is 1.83. The average Bonchev–Trinajstić information content (AvgIpc) is 2.34. The number of ether oxygens (including phenoxy) is 1. The molecule has 1 aromatic heterocycles. The topological polar surface area (TPSA) is 45.9 Å². The Morgan fingerprint density at radius 2 is 1.95 bits per heavy atom. The highest BCUT2D eigenvalue weighted by molar-refractivity contribution is 5.48. The van der Waals surface area contributed by atoms with Gasteiger partial charge in [0.25, 0.3) is 0 Å². The standard InChI is InChI=1S/C15H13FN2O/c1-9-5-4-6-13(15(9)16)19-14-7-10(2)18-11(3)12(14)8-17/h4-7H,1-3H3. The Morgan fingerprint density at radius 3 is 2.63 bits per heavy atom. The summed E-state index contributed by atoms with van der Waals surface area (Å²) in [5, 5.41) is 9.13. The second-order valence-electron chi connectivity index (χ2n) is 4.32. The van der Waals surface area contributed by atoms with Crippen LogP contribution in [-0.4, -0.2) is 4.98 Å². The van der Waals surface area contributed by atoms with Crippen molar-refractivity contribution in [2.24, 2.45) is 0 Å². The van der Waals surface area contributed by atoms with Gasteiger partial charge in [-0.25, -0.2) is 4.39 Å². The smallest absolute Gasteiger partial charge is 0.168 e. The summed E-state index contributed by atoms with van der Waals surface area (Å²) < 4.78 is 19.4. The highest BCUT2D eigenvalue weighted by atomic mass is 19.1. The summed E-state index contributed by atoms with van der Waals surface area (Å²) in [6, 6.07) is 8.58. The molecule has 1 aromatic carbocycles. The highest BCUT2D eigenvalue weighted by Gasteiger charge is 2.13. The maximum Gasteiger partial charge on any atom is 0.168 e. The molecular formula is C15H13FN2O. The predicted molar refractivity (Wildman–Crippen MR) is 69.6 cm³/mol. The van der Waals surface area contributed by atoms with E-state index in [1.165, 1.54) is 6.07 Å². The van der Waals surface area contributed by atoms with Gasteiger partial charge in [0.15, 0.2) is 11.6 Å². The first-order chi connectivity index (χ1) is 9.02. The molecule has 0 bridgehead atoms. The zero-order chi connectivity index (χ0) is 14.0. The van der Waals surface area contributed by atoms with Crippen LogP contribution in [0.1, 0.15) is 22.5 Å². The molecule has 0 spiro atoms. The van der Waals surface area contributed by atoms with Crippen LogP contribution in [-0.2, 0) is 0 Å². The number of nitrogens with zero attached hydrogens (tertiary/aromatic N) is 2. The Bertz CT molecular complexity index is 675. The first-order valence-electron chi connectivity index (χ1n) is 5.84. The Labute approximate surface area is 111 Å². The van der Waals surface area contributed by atoms with Crippen LogP contribution < -0.4 is 4.74 Å². The van der Waals surface area contributed by atoms with E-state index in [0.717, 1.165) is 5.69 Å². The van der Waals surface area contributed by atoms with Crippen LogP contribution in [0, 0.1) is 37.9 Å². The Morgan fingerprint density at radius 1 is 1.21 bits per heavy atom. The van der Waals surface area contributed by atoms with Crippen molar-refractivity contribution >= 4 is 0 Å². The number of benzene rings is 1. The molecule has 0 amide bonds. The highest BCUT2D eigenvalue weighted by Crippen LogP contribution is 2.29. The van der Waals surface area contributed by atoms with Crippen LogP contribution in [0.5, 0.6) is 11.5 Å². The third-order valence-corrected chi connectivity index (χ3v) is 2.78. The quantitative estimate of drug-likeness (QED) is 0.820. The molecule has 0 radical (unpaired) electrons. The second-order valence-corrected chi connectivity index (χ2v) is 4.32. The van der Waals surface area contributed by atoms with Gasteiger partial charge in [-0.3, -0.25) is 4.98 Å². The number of pyridine rings is 1. The number of hydrogen-bond donors (Lipinski definition) is 0. The molecule has 2 aromatic rings. The van der Waals surface area contributed by atoms with Crippen LogP contribution >= 0.6 is 0 Å². The predicted octanol–water partition coefficient (Wildman–Crippen LogP) is 3.81. The lowest BCUT2D eigenvalue weighted by atomic mass is 10.1. The molecule has 1 heterocycles. The number of hydrogen-bond acceptors (Lipinski definition) is 3. The van der Waals surface area contributed by atoms with Gasteiger partial charge in [0, 0.05) is 11.8 Å². The molecule has 0 N–H and O–H groups in total. The minimum absolute atomic E-state index is 0.112. The molecule has 0 fully saturated rings. The van der Waals surface area contributed by atoms with Crippen molar-refractivity contribution in [1.82, 2.24) is 4.98 Å². The molecule has 0 atom stereocenters. The van der Waals surface area contributed by atoms with E-state index in [9.17, 15) is 4.39 Å². The SMILES string of the molecule is Cc1cc(Oc2cccc(C)c2F)c(C#N)c(C)n1. The van der Waals surface area contributed by atoms with Crippen LogP contribution in [0.2, 0.25) is 0 Å². The lowest BCUT2D eigenvalue weighted by Gasteiger charge is -2.11. The van der Waals surface area contributed by atoms with Crippen molar-refractivity contribution in [2.45, 2.75) is 20.8 Å². The van der Waals surface area contributed by atoms with Crippen molar-refractivity contribution in [2.75, 3.05) is 0 Å². The number of rotatable bonds is 2. The maximum absolute atomic E-state index is 13.9. The van der Waals surface area contributed by atoms with E-state index in [4.69, 9.17) is 10.00 Å². The van der Waals surface area contributed by atoms with Crippen LogP contribution in [0.4, 0.5) is 4.39 Å². The van der Waals surface area contributed by atoms with Crippen molar-refractivity contribution < 1.29 is 9.13 Å². The van der Waals surface area contributed by atoms with Crippen LogP contribution in [0.25, 0.3) is 0 Å². The van der Waals surface area contributed by atoms with E-state index in [-0.39, 0.29) is 5.75 Å². The molecule has 0 saturated heterocycles. The fourth-order valence-electron chi connectivity index (χ4n) is 1.83. The summed E-state index contributed by atoms with van der Waals surface area (Å²) in [6.07, 6.45) is 0. The van der Waals surface area contributed by atoms with Crippen LogP contribution in [0.3, 0.4) is 0 Å². The molecule has 4 heteroatoms. The fraction of sp³-hybridized carbons (Fsp3) is 0.200. The summed E-state index contributed by atoms with van der Waals surface area (Å²) in [5.74, 6) is 0.0250. The molecule has 19 heavy (non-hydrogen) atoms. The first-order valence-corrected chi connectivity index (χ1v) is 5.84. The minimum atomic E-state index is -0.418. The average molecular weight is 256 g/mol. The molecule has 0 saturated carbocycles. The first kappa shape index (κ1) is 13.0. The minimum Gasteiger partial charge on any atom is -0.453 e. The Balaban J connectivity index is 2.50. The molecule has 2 rings (SSSR count). The molecule has 0 aliphatic rings. The maximum atomic E-state index is 13.9. The molecule has 0 unspecified atom stereocenters. The van der Waals surface area contributed by atoms with Crippen molar-refractivity contribution in [3.63, 3.8) is 0 Å². The number of aromatic nitrogens is 1. The number of aryl methyl sites for hydroxylation is 3. The van der Waals surface area contributed by atoms with E-state index >= 15 is 0 Å². The zero-order valence-electron chi connectivity index (χ0n) is 11.0. The second kappa shape index (κ2) is 5.07. The van der Waals surface area contributed by atoms with Gasteiger partial charge >= 0.3 is 0 Å². The Hall–Kier alpha value is -2.41. The largest absolute Gasteiger partial charge is 0.453 e. The lowest BCUT2D eigenvalue weighted by Crippen LogP contribution is -1.98. The van der Waals surface area contributed by atoms with Gasteiger partial charge in [-0.2, -0.15) is 5.26 Å². The molecule has 0 aliphatic carbocycles. The van der Waals surface area contributed by atoms with Crippen molar-refractivity contribution in [3.05, 3.63) is 52.6 Å². The van der Waals surface area contributed by atoms with Gasteiger partial charge in [0.05, 0.1) is 5.69 Å². The molecule has 96 valence electrons. The summed E-state index contributed by atoms with van der Waals surface area (Å²) in [7, 11) is 0. The normalized spacial score (nSPS) is 10.1. The van der Waals surface area contributed by atoms with Gasteiger partial charge in [-0.1, -0.05) is 12.1 Å². The third-order valence-electron chi connectivity index (χ3n) is 2.78. The molecular weight excluding hydrogens is 243 g/mol. The van der Waals surface area contributed by atoms with Gasteiger partial charge in [0.2, 0.25) is 0 Å². The Kier molecular flexibility index (Phi) is 3.48. The summed E-state index contributed by atoms with van der Waals surface area (Å²) in [4.78, 5) is 4.19. The lowest BCUT2D eigenvalue weighted by molar-refractivity contribution is 0.437. The number of halogens is 1. The third kappa shape index (κ3) is 2.55. The van der Waals surface area contributed by atoms with E-state index in [1.54, 1.807) is 39.0 Å². The van der Waals surface area contributed by atoms with Gasteiger partial charge in [0.1, 0.15) is 17.4 Å². The van der Waals surface area contributed by atoms with Gasteiger partial charge in [-0.15, -0.1) is 0 Å². The van der Waals surface area contributed by atoms with E-state index < -0.39 is 5.82 Å². The summed E-state index contributed by atoms with van der Waals surface area (Å²) in [5.41, 5.74) is 2.12. The zero-order valence-corrected chi connectivity index (χ0v) is 11.0. The van der Waals surface area contributed by atoms with E-state index in [0.29, 0.717) is 22.6 Å². The number of nitriles is 1. The van der Waals surface area contributed by atoms with Crippen molar-refractivity contribution in [3.8, 4) is 17.6 Å². The van der Waals surface area contributed by atoms with Crippen LogP contribution in [0.15, 0.2) is 24.3 Å². The molecule has 0 aliphatic heterocycles. The van der Waals surface area contributed by atoms with Gasteiger partial charge < -0.3 is 4.74 Å². The van der Waals surface area contributed by atoms with Crippen molar-refractivity contribution in [1.29, 1.82) is 5.26 Å². The monoisotopic (exact) mass is 256 g/mol. The van der Waals surface area contributed by atoms with E-state index in [2.05, 4.69) is 4.98 Å². The summed E-state index contributed by atoms with van der Waals surface area (Å²) in [6.45, 7) is 5.19. The van der Waals surface area contributed by atoms with E-state index in [1.807, 2.05) is 6.07 Å².